The van der Waals surface area contributed by atoms with E-state index < -0.39 is 11.7 Å². The van der Waals surface area contributed by atoms with Crippen molar-refractivity contribution in [2.75, 3.05) is 13.1 Å². The van der Waals surface area contributed by atoms with Crippen LogP contribution in [-0.2, 0) is 11.3 Å². The minimum Gasteiger partial charge on any atom is -0.445 e. The van der Waals surface area contributed by atoms with Gasteiger partial charge in [-0.3, -0.25) is 4.79 Å². The highest BCUT2D eigenvalue weighted by Crippen LogP contribution is 2.29. The topological polar surface area (TPSA) is 101 Å². The van der Waals surface area contributed by atoms with Crippen LogP contribution >= 0.6 is 0 Å². The van der Waals surface area contributed by atoms with E-state index in [0.717, 1.165) is 5.56 Å². The van der Waals surface area contributed by atoms with Gasteiger partial charge in [-0.25, -0.2) is 14.2 Å². The van der Waals surface area contributed by atoms with Crippen LogP contribution in [-0.4, -0.2) is 40.0 Å². The van der Waals surface area contributed by atoms with Crippen LogP contribution in [0.25, 0.3) is 11.0 Å². The van der Waals surface area contributed by atoms with Crippen molar-refractivity contribution in [2.24, 2.45) is 5.73 Å². The van der Waals surface area contributed by atoms with Gasteiger partial charge in [0.25, 0.3) is 5.91 Å². The van der Waals surface area contributed by atoms with Gasteiger partial charge in [0, 0.05) is 19.0 Å². The highest BCUT2D eigenvalue weighted by atomic mass is 19.1. The molecule has 3 N–H and O–H groups in total. The van der Waals surface area contributed by atoms with E-state index in [2.05, 4.69) is 9.97 Å². The summed E-state index contributed by atoms with van der Waals surface area (Å²) in [4.78, 5) is 33.1. The van der Waals surface area contributed by atoms with Crippen LogP contribution in [0.1, 0.15) is 40.5 Å². The number of aromatic amines is 1. The molecule has 0 radical (unpaired) electrons. The van der Waals surface area contributed by atoms with Crippen molar-refractivity contribution in [2.45, 2.75) is 25.4 Å². The number of carbonyl (C=O) groups excluding carboxylic acids is 2. The zero-order chi connectivity index (χ0) is 20.4. The van der Waals surface area contributed by atoms with Crippen molar-refractivity contribution in [3.63, 3.8) is 0 Å². The first kappa shape index (κ1) is 18.9. The van der Waals surface area contributed by atoms with Gasteiger partial charge in [-0.15, -0.1) is 0 Å². The zero-order valence-electron chi connectivity index (χ0n) is 15.7. The Balaban J connectivity index is 1.40. The van der Waals surface area contributed by atoms with Gasteiger partial charge < -0.3 is 20.4 Å². The number of hydrogen-bond donors (Lipinski definition) is 2. The molecule has 3 aromatic rings. The molecule has 29 heavy (non-hydrogen) atoms. The van der Waals surface area contributed by atoms with E-state index in [1.807, 2.05) is 30.3 Å². The molecule has 1 aromatic heterocycles. The number of fused-ring (bicyclic) bond motifs is 1. The first-order valence-corrected chi connectivity index (χ1v) is 9.46. The number of nitrogens with two attached hydrogens (primary N) is 1. The van der Waals surface area contributed by atoms with Crippen molar-refractivity contribution in [3.05, 3.63) is 65.2 Å². The molecule has 0 aliphatic carbocycles. The molecule has 0 bridgehead atoms. The van der Waals surface area contributed by atoms with E-state index >= 15 is 0 Å². The molecule has 0 saturated carbocycles. The average molecular weight is 396 g/mol. The molecular weight excluding hydrogens is 375 g/mol. The molecule has 1 aliphatic heterocycles. The standard InChI is InChI=1S/C21H21FN4O3/c22-15-6-7-16-18(17(15)19(23)27)25-20(24-16)14-8-10-26(11-9-14)21(28)29-12-13-4-2-1-3-5-13/h1-7,14H,8-12H2,(H2,23,27)(H,24,25). The lowest BCUT2D eigenvalue weighted by atomic mass is 9.96. The van der Waals surface area contributed by atoms with Gasteiger partial charge >= 0.3 is 6.09 Å². The van der Waals surface area contributed by atoms with Crippen LogP contribution in [0.15, 0.2) is 42.5 Å². The largest absolute Gasteiger partial charge is 0.445 e. The summed E-state index contributed by atoms with van der Waals surface area (Å²) in [6.07, 6.45) is 1.04. The zero-order valence-corrected chi connectivity index (χ0v) is 15.7. The Kier molecular flexibility index (Phi) is 5.16. The van der Waals surface area contributed by atoms with Crippen molar-refractivity contribution in [1.82, 2.24) is 14.9 Å². The normalized spacial score (nSPS) is 14.9. The summed E-state index contributed by atoms with van der Waals surface area (Å²) in [5, 5.41) is 0. The van der Waals surface area contributed by atoms with Crippen molar-refractivity contribution in [3.8, 4) is 0 Å². The highest BCUT2D eigenvalue weighted by molar-refractivity contribution is 6.04. The number of benzene rings is 2. The van der Waals surface area contributed by atoms with Gasteiger partial charge in [0.1, 0.15) is 29.3 Å². The fraction of sp³-hybridized carbons (Fsp3) is 0.286. The van der Waals surface area contributed by atoms with E-state index in [4.69, 9.17) is 10.5 Å². The number of amides is 2. The van der Waals surface area contributed by atoms with E-state index in [1.54, 1.807) is 11.0 Å². The van der Waals surface area contributed by atoms with E-state index in [1.165, 1.54) is 6.07 Å². The van der Waals surface area contributed by atoms with Gasteiger partial charge in [-0.2, -0.15) is 0 Å². The molecule has 1 fully saturated rings. The first-order chi connectivity index (χ1) is 14.0. The third-order valence-corrected chi connectivity index (χ3v) is 5.21. The van der Waals surface area contributed by atoms with Crippen molar-refractivity contribution >= 4 is 23.0 Å². The second kappa shape index (κ2) is 7.90. The molecule has 0 spiro atoms. The molecule has 1 aliphatic rings. The second-order valence-electron chi connectivity index (χ2n) is 7.11. The van der Waals surface area contributed by atoms with Crippen LogP contribution in [0.3, 0.4) is 0 Å². The lowest BCUT2D eigenvalue weighted by Gasteiger charge is -2.30. The van der Waals surface area contributed by atoms with Crippen LogP contribution in [0, 0.1) is 5.82 Å². The van der Waals surface area contributed by atoms with Crippen LogP contribution in [0.4, 0.5) is 9.18 Å². The number of H-pyrrole nitrogens is 1. The first-order valence-electron chi connectivity index (χ1n) is 9.46. The Labute approximate surface area is 166 Å². The van der Waals surface area contributed by atoms with Crippen molar-refractivity contribution < 1.29 is 18.7 Å². The van der Waals surface area contributed by atoms with E-state index in [0.29, 0.717) is 37.3 Å². The summed E-state index contributed by atoms with van der Waals surface area (Å²) in [5.74, 6) is -0.782. The number of primary amides is 1. The summed E-state index contributed by atoms with van der Waals surface area (Å²) in [7, 11) is 0. The van der Waals surface area contributed by atoms with Gasteiger partial charge in [-0.05, 0) is 30.5 Å². The van der Waals surface area contributed by atoms with Crippen LogP contribution < -0.4 is 5.73 Å². The number of aromatic nitrogens is 2. The van der Waals surface area contributed by atoms with Gasteiger partial charge in [-0.1, -0.05) is 30.3 Å². The Morgan fingerprint density at radius 2 is 1.90 bits per heavy atom. The third-order valence-electron chi connectivity index (χ3n) is 5.21. The van der Waals surface area contributed by atoms with Crippen molar-refractivity contribution in [1.29, 1.82) is 0 Å². The summed E-state index contributed by atoms with van der Waals surface area (Å²) in [5.41, 5.74) is 6.85. The lowest BCUT2D eigenvalue weighted by Crippen LogP contribution is -2.38. The molecule has 2 aromatic carbocycles. The van der Waals surface area contributed by atoms with Gasteiger partial charge in [0.15, 0.2) is 0 Å². The predicted molar refractivity (Wildman–Crippen MR) is 105 cm³/mol. The van der Waals surface area contributed by atoms with Crippen LogP contribution in [0.2, 0.25) is 0 Å². The molecule has 4 rings (SSSR count). The number of nitrogens with zero attached hydrogens (tertiary/aromatic N) is 2. The molecule has 0 atom stereocenters. The average Bonchev–Trinajstić information content (AvgIpc) is 3.16. The lowest BCUT2D eigenvalue weighted by molar-refractivity contribution is 0.0866. The summed E-state index contributed by atoms with van der Waals surface area (Å²) >= 11 is 0. The molecule has 2 heterocycles. The fourth-order valence-electron chi connectivity index (χ4n) is 3.64. The van der Waals surface area contributed by atoms with E-state index in [9.17, 15) is 14.0 Å². The SMILES string of the molecule is NC(=O)c1c(F)ccc2[nH]c(C3CCN(C(=O)OCc4ccccc4)CC3)nc12. The number of likely N-dealkylation sites (tertiary alicyclic amines) is 1. The Bertz CT molecular complexity index is 1040. The number of hydrogen-bond acceptors (Lipinski definition) is 4. The molecular formula is C21H21FN4O3. The van der Waals surface area contributed by atoms with Gasteiger partial charge in [0.05, 0.1) is 5.52 Å². The predicted octanol–water partition coefficient (Wildman–Crippen LogP) is 3.32. The number of piperidine rings is 1. The molecule has 2 amide bonds. The monoisotopic (exact) mass is 396 g/mol. The van der Waals surface area contributed by atoms with Gasteiger partial charge in [0.2, 0.25) is 0 Å². The molecule has 7 nitrogen and oxygen atoms in total. The van der Waals surface area contributed by atoms with E-state index in [-0.39, 0.29) is 29.7 Å². The summed E-state index contributed by atoms with van der Waals surface area (Å²) in [6.45, 7) is 1.31. The minimum atomic E-state index is -0.845. The maximum atomic E-state index is 13.9. The Morgan fingerprint density at radius 1 is 1.17 bits per heavy atom. The molecule has 0 unspecified atom stereocenters. The third kappa shape index (κ3) is 3.91. The fourth-order valence-corrected chi connectivity index (χ4v) is 3.64. The Hall–Kier alpha value is -3.42. The second-order valence-corrected chi connectivity index (χ2v) is 7.11. The maximum Gasteiger partial charge on any atom is 0.410 e. The molecule has 150 valence electrons. The number of ether oxygens (including phenoxy) is 1. The number of halogens is 1. The molecule has 8 heteroatoms. The van der Waals surface area contributed by atoms with Crippen LogP contribution in [0.5, 0.6) is 0 Å². The number of imidazole rings is 1. The Morgan fingerprint density at radius 3 is 2.59 bits per heavy atom. The minimum absolute atomic E-state index is 0.0735. The number of carbonyl (C=O) groups is 2. The smallest absolute Gasteiger partial charge is 0.410 e. The summed E-state index contributed by atoms with van der Waals surface area (Å²) in [6, 6.07) is 12.3. The quantitative estimate of drug-likeness (QED) is 0.706. The summed E-state index contributed by atoms with van der Waals surface area (Å²) < 4.78 is 19.3. The highest BCUT2D eigenvalue weighted by Gasteiger charge is 2.27. The molecule has 1 saturated heterocycles. The number of nitrogens with one attached hydrogen (secondary N) is 1. The number of rotatable bonds is 4. The maximum absolute atomic E-state index is 13.9.